The van der Waals surface area contributed by atoms with Crippen LogP contribution in [0.25, 0.3) is 0 Å². The number of benzene rings is 2. The van der Waals surface area contributed by atoms with Crippen LogP contribution in [0.3, 0.4) is 0 Å². The van der Waals surface area contributed by atoms with Gasteiger partial charge in [0.15, 0.2) is 11.5 Å². The molecule has 0 unspecified atom stereocenters. The summed E-state index contributed by atoms with van der Waals surface area (Å²) in [5.74, 6) is 1.04. The summed E-state index contributed by atoms with van der Waals surface area (Å²) in [6.45, 7) is 1.50. The molecule has 0 fully saturated rings. The minimum atomic E-state index is -0.0956. The van der Waals surface area contributed by atoms with E-state index >= 15 is 0 Å². The lowest BCUT2D eigenvalue weighted by Crippen LogP contribution is -2.26. The number of para-hydroxylation sites is 2. The van der Waals surface area contributed by atoms with Gasteiger partial charge in [-0.3, -0.25) is 9.69 Å². The fraction of sp³-hybridized carbons (Fsp3) is 0.0667. The molecule has 0 aromatic heterocycles. The van der Waals surface area contributed by atoms with Crippen LogP contribution in [-0.4, -0.2) is 5.91 Å². The molecule has 0 N–H and O–H groups in total. The lowest BCUT2D eigenvalue weighted by atomic mass is 10.1. The number of hydrogen-bond acceptors (Lipinski definition) is 3. The molecule has 1 aliphatic heterocycles. The Morgan fingerprint density at radius 1 is 1.16 bits per heavy atom. The molecule has 0 atom stereocenters. The summed E-state index contributed by atoms with van der Waals surface area (Å²) in [5, 5.41) is 8.92. The molecule has 0 radical (unpaired) electrons. The van der Waals surface area contributed by atoms with E-state index in [2.05, 4.69) is 6.07 Å². The Morgan fingerprint density at radius 2 is 1.89 bits per heavy atom. The zero-order chi connectivity index (χ0) is 13.4. The minimum Gasteiger partial charge on any atom is -0.453 e. The van der Waals surface area contributed by atoms with Gasteiger partial charge in [-0.05, 0) is 24.3 Å². The number of anilines is 2. The van der Waals surface area contributed by atoms with E-state index < -0.39 is 0 Å². The highest BCUT2D eigenvalue weighted by atomic mass is 16.5. The normalized spacial score (nSPS) is 11.9. The Bertz CT molecular complexity index is 716. The predicted octanol–water partition coefficient (Wildman–Crippen LogP) is 3.35. The zero-order valence-electron chi connectivity index (χ0n) is 10.3. The highest BCUT2D eigenvalue weighted by molar-refractivity contribution is 6.03. The lowest BCUT2D eigenvalue weighted by Gasteiger charge is -2.30. The van der Waals surface area contributed by atoms with Gasteiger partial charge < -0.3 is 4.74 Å². The highest BCUT2D eigenvalue weighted by Crippen LogP contribution is 2.46. The highest BCUT2D eigenvalue weighted by Gasteiger charge is 2.26. The molecule has 2 aromatic carbocycles. The van der Waals surface area contributed by atoms with Gasteiger partial charge in [-0.25, -0.2) is 0 Å². The Morgan fingerprint density at radius 3 is 2.63 bits per heavy atom. The van der Waals surface area contributed by atoms with Crippen molar-refractivity contribution in [3.63, 3.8) is 0 Å². The molecule has 1 aliphatic rings. The van der Waals surface area contributed by atoms with Crippen LogP contribution >= 0.6 is 0 Å². The maximum atomic E-state index is 11.9. The fourth-order valence-corrected chi connectivity index (χ4v) is 2.17. The van der Waals surface area contributed by atoms with Gasteiger partial charge in [0.05, 0.1) is 23.0 Å². The van der Waals surface area contributed by atoms with Gasteiger partial charge in [-0.2, -0.15) is 5.26 Å². The molecule has 19 heavy (non-hydrogen) atoms. The van der Waals surface area contributed by atoms with E-state index in [-0.39, 0.29) is 5.91 Å². The smallest absolute Gasteiger partial charge is 0.228 e. The molecule has 0 saturated carbocycles. The van der Waals surface area contributed by atoms with Crippen molar-refractivity contribution in [3.05, 3.63) is 48.0 Å². The van der Waals surface area contributed by atoms with Crippen LogP contribution < -0.4 is 9.64 Å². The predicted molar refractivity (Wildman–Crippen MR) is 70.5 cm³/mol. The van der Waals surface area contributed by atoms with Crippen LogP contribution in [0.15, 0.2) is 42.5 Å². The first kappa shape index (κ1) is 11.3. The molecule has 2 aromatic rings. The molecule has 3 rings (SSSR count). The van der Waals surface area contributed by atoms with E-state index in [1.807, 2.05) is 18.2 Å². The molecule has 0 bridgehead atoms. The maximum absolute atomic E-state index is 11.9. The van der Waals surface area contributed by atoms with Crippen molar-refractivity contribution in [1.82, 2.24) is 0 Å². The van der Waals surface area contributed by atoms with E-state index in [1.165, 1.54) is 6.92 Å². The second kappa shape index (κ2) is 4.14. The monoisotopic (exact) mass is 250 g/mol. The Labute approximate surface area is 110 Å². The number of ether oxygens (including phenoxy) is 1. The average molecular weight is 250 g/mol. The second-order valence-corrected chi connectivity index (χ2v) is 4.22. The van der Waals surface area contributed by atoms with E-state index in [1.54, 1.807) is 29.2 Å². The molecule has 0 aliphatic carbocycles. The van der Waals surface area contributed by atoms with Gasteiger partial charge in [0.25, 0.3) is 0 Å². The lowest BCUT2D eigenvalue weighted by molar-refractivity contribution is -0.115. The van der Waals surface area contributed by atoms with Gasteiger partial charge in [-0.15, -0.1) is 0 Å². The quantitative estimate of drug-likeness (QED) is 0.720. The van der Waals surface area contributed by atoms with E-state index in [4.69, 9.17) is 10.00 Å². The zero-order valence-corrected chi connectivity index (χ0v) is 10.3. The number of nitrogens with zero attached hydrogens (tertiary/aromatic N) is 2. The third-order valence-corrected chi connectivity index (χ3v) is 2.97. The molecule has 92 valence electrons. The van der Waals surface area contributed by atoms with Gasteiger partial charge in [0, 0.05) is 13.0 Å². The number of amides is 1. The van der Waals surface area contributed by atoms with Crippen molar-refractivity contribution < 1.29 is 9.53 Å². The van der Waals surface area contributed by atoms with Crippen LogP contribution in [0.1, 0.15) is 12.5 Å². The molecular formula is C15H10N2O2. The number of fused-ring (bicyclic) bond motifs is 2. The summed E-state index contributed by atoms with van der Waals surface area (Å²) < 4.78 is 5.76. The number of carbonyl (C=O) groups is 1. The van der Waals surface area contributed by atoms with Crippen molar-refractivity contribution in [2.75, 3.05) is 4.90 Å². The molecule has 0 saturated heterocycles. The van der Waals surface area contributed by atoms with E-state index in [0.717, 1.165) is 0 Å². The largest absolute Gasteiger partial charge is 0.453 e. The van der Waals surface area contributed by atoms with Crippen LogP contribution in [0.4, 0.5) is 11.4 Å². The molecule has 4 nitrogen and oxygen atoms in total. The summed E-state index contributed by atoms with van der Waals surface area (Å²) in [4.78, 5) is 13.5. The third-order valence-electron chi connectivity index (χ3n) is 2.97. The number of carbonyl (C=O) groups excluding carboxylic acids is 1. The average Bonchev–Trinajstić information content (AvgIpc) is 2.43. The van der Waals surface area contributed by atoms with Gasteiger partial charge >= 0.3 is 0 Å². The maximum Gasteiger partial charge on any atom is 0.228 e. The van der Waals surface area contributed by atoms with Crippen molar-refractivity contribution >= 4 is 17.3 Å². The van der Waals surface area contributed by atoms with Crippen LogP contribution in [0.2, 0.25) is 0 Å². The summed E-state index contributed by atoms with van der Waals surface area (Å²) in [7, 11) is 0. The van der Waals surface area contributed by atoms with Gasteiger partial charge in [0.1, 0.15) is 0 Å². The second-order valence-electron chi connectivity index (χ2n) is 4.22. The molecule has 0 spiro atoms. The first-order valence-electron chi connectivity index (χ1n) is 5.82. The Kier molecular flexibility index (Phi) is 2.46. The van der Waals surface area contributed by atoms with E-state index in [9.17, 15) is 4.79 Å². The molecule has 1 amide bonds. The summed E-state index contributed by atoms with van der Waals surface area (Å²) in [5.41, 5.74) is 1.87. The van der Waals surface area contributed by atoms with Gasteiger partial charge in [-0.1, -0.05) is 12.1 Å². The Balaban J connectivity index is 2.23. The first-order chi connectivity index (χ1) is 9.20. The van der Waals surface area contributed by atoms with Crippen LogP contribution in [0.5, 0.6) is 11.5 Å². The van der Waals surface area contributed by atoms with Crippen molar-refractivity contribution in [2.24, 2.45) is 0 Å². The van der Waals surface area contributed by atoms with Crippen molar-refractivity contribution in [2.45, 2.75) is 6.92 Å². The number of hydrogen-bond donors (Lipinski definition) is 0. The third kappa shape index (κ3) is 1.72. The van der Waals surface area contributed by atoms with E-state index in [0.29, 0.717) is 28.4 Å². The molecule has 1 heterocycles. The number of nitriles is 1. The van der Waals surface area contributed by atoms with Gasteiger partial charge in [0.2, 0.25) is 5.91 Å². The summed E-state index contributed by atoms with van der Waals surface area (Å²) in [6, 6.07) is 14.4. The topological polar surface area (TPSA) is 53.3 Å². The van der Waals surface area contributed by atoms with Crippen LogP contribution in [0, 0.1) is 11.3 Å². The summed E-state index contributed by atoms with van der Waals surface area (Å²) in [6.07, 6.45) is 0. The standard InChI is InChI=1S/C15H10N2O2/c1-10(18)17-12-4-2-3-5-14(12)19-15-8-11(9-16)6-7-13(15)17/h2-8H,1H3. The Hall–Kier alpha value is -2.80. The van der Waals surface area contributed by atoms with Crippen LogP contribution in [-0.2, 0) is 4.79 Å². The SMILES string of the molecule is CC(=O)N1c2ccccc2Oc2cc(C#N)ccc21. The van der Waals surface area contributed by atoms with Crippen molar-refractivity contribution in [1.29, 1.82) is 5.26 Å². The van der Waals surface area contributed by atoms with Crippen molar-refractivity contribution in [3.8, 4) is 17.6 Å². The summed E-state index contributed by atoms with van der Waals surface area (Å²) >= 11 is 0. The fourth-order valence-electron chi connectivity index (χ4n) is 2.17. The molecule has 4 heteroatoms. The minimum absolute atomic E-state index is 0.0956. The first-order valence-corrected chi connectivity index (χ1v) is 5.82. The molecular weight excluding hydrogens is 240 g/mol. The number of rotatable bonds is 0.